The number of hydrogen-bond acceptors (Lipinski definition) is 27. The number of ether oxygens (including phenoxy) is 9. The Balaban J connectivity index is 0.883. The fourth-order valence-electron chi connectivity index (χ4n) is 17.6. The van der Waals surface area contributed by atoms with E-state index in [9.17, 15) is 91.9 Å². The van der Waals surface area contributed by atoms with Gasteiger partial charge in [-0.15, -0.1) is 0 Å². The van der Waals surface area contributed by atoms with Gasteiger partial charge in [0.2, 0.25) is 0 Å². The zero-order valence-electron chi connectivity index (χ0n) is 52.7. The monoisotopic (exact) mass is 1280 g/mol. The van der Waals surface area contributed by atoms with Gasteiger partial charge in [-0.2, -0.15) is 0 Å². The minimum Gasteiger partial charge on any atom is -0.396 e. The summed E-state index contributed by atoms with van der Waals surface area (Å²) < 4.78 is 54.8. The van der Waals surface area contributed by atoms with Gasteiger partial charge in [0.1, 0.15) is 104 Å². The second-order valence-electron chi connectivity index (χ2n) is 29.4. The van der Waals surface area contributed by atoms with E-state index in [0.29, 0.717) is 32.1 Å². The van der Waals surface area contributed by atoms with Crippen LogP contribution in [0, 0.1) is 51.2 Å². The fourth-order valence-corrected chi connectivity index (χ4v) is 17.6. The van der Waals surface area contributed by atoms with Gasteiger partial charge in [-0.1, -0.05) is 60.1 Å². The van der Waals surface area contributed by atoms with Crippen molar-refractivity contribution < 1.29 is 135 Å². The van der Waals surface area contributed by atoms with Crippen molar-refractivity contribution in [3.8, 4) is 0 Å². The van der Waals surface area contributed by atoms with Crippen LogP contribution in [0.4, 0.5) is 0 Å². The molecule has 0 spiro atoms. The van der Waals surface area contributed by atoms with E-state index in [2.05, 4.69) is 47.6 Å². The molecule has 9 rings (SSSR count). The van der Waals surface area contributed by atoms with Gasteiger partial charge < -0.3 is 135 Å². The lowest BCUT2D eigenvalue weighted by atomic mass is 9.38. The van der Waals surface area contributed by atoms with Crippen LogP contribution in [0.2, 0.25) is 0 Å². The van der Waals surface area contributed by atoms with Crippen LogP contribution >= 0.6 is 0 Å². The Hall–Kier alpha value is -1.34. The molecule has 4 saturated heterocycles. The molecule has 18 N–H and O–H groups in total. The first-order chi connectivity index (χ1) is 41.6. The third-order valence-electron chi connectivity index (χ3n) is 23.6. The first kappa shape index (κ1) is 71.9. The molecule has 516 valence electrons. The van der Waals surface area contributed by atoms with Crippen LogP contribution in [0.3, 0.4) is 0 Å². The van der Waals surface area contributed by atoms with E-state index in [1.54, 1.807) is 20.8 Å². The van der Waals surface area contributed by atoms with E-state index < -0.39 is 208 Å². The van der Waals surface area contributed by atoms with Gasteiger partial charge in [-0.3, -0.25) is 0 Å². The van der Waals surface area contributed by atoms with Crippen molar-refractivity contribution in [3.05, 3.63) is 11.6 Å². The van der Waals surface area contributed by atoms with Crippen molar-refractivity contribution in [2.24, 2.45) is 51.2 Å². The molecule has 0 aromatic heterocycles. The molecule has 89 heavy (non-hydrogen) atoms. The molecule has 3 unspecified atom stereocenters. The number of aliphatic hydroxyl groups is 18. The van der Waals surface area contributed by atoms with Gasteiger partial charge in [0, 0.05) is 23.4 Å². The van der Waals surface area contributed by atoms with Crippen molar-refractivity contribution in [3.63, 3.8) is 0 Å². The minimum atomic E-state index is -1.89. The highest BCUT2D eigenvalue weighted by Gasteiger charge is 2.70. The molecule has 9 aliphatic rings. The van der Waals surface area contributed by atoms with Crippen LogP contribution < -0.4 is 0 Å². The van der Waals surface area contributed by atoms with Crippen molar-refractivity contribution in [2.45, 2.75) is 298 Å². The highest BCUT2D eigenvalue weighted by molar-refractivity contribution is 5.32. The summed E-state index contributed by atoms with van der Waals surface area (Å²) in [5, 5.41) is 196. The van der Waals surface area contributed by atoms with Crippen LogP contribution in [-0.2, 0) is 42.6 Å². The Kier molecular flexibility index (Phi) is 22.3. The van der Waals surface area contributed by atoms with Crippen molar-refractivity contribution in [2.75, 3.05) is 26.4 Å². The molecule has 0 radical (unpaired) electrons. The molecule has 0 aromatic carbocycles. The molecule has 5 aliphatic carbocycles. The Bertz CT molecular complexity index is 2340. The molecule has 0 bridgehead atoms. The van der Waals surface area contributed by atoms with Gasteiger partial charge >= 0.3 is 0 Å². The van der Waals surface area contributed by atoms with E-state index in [-0.39, 0.29) is 60.4 Å². The predicted molar refractivity (Wildman–Crippen MR) is 307 cm³/mol. The van der Waals surface area contributed by atoms with Gasteiger partial charge in [-0.05, 0) is 113 Å². The first-order valence-electron chi connectivity index (χ1n) is 32.3. The van der Waals surface area contributed by atoms with Crippen molar-refractivity contribution >= 4 is 0 Å². The quantitative estimate of drug-likeness (QED) is 0.0530. The van der Waals surface area contributed by atoms with Gasteiger partial charge in [0.25, 0.3) is 0 Å². The van der Waals surface area contributed by atoms with Crippen LogP contribution in [0.5, 0.6) is 0 Å². The molecule has 4 heterocycles. The smallest absolute Gasteiger partial charge is 0.187 e. The van der Waals surface area contributed by atoms with E-state index >= 15 is 0 Å². The summed E-state index contributed by atoms with van der Waals surface area (Å²) in [5.74, 6) is -0.690. The van der Waals surface area contributed by atoms with E-state index in [0.717, 1.165) is 18.4 Å². The van der Waals surface area contributed by atoms with Crippen molar-refractivity contribution in [1.29, 1.82) is 0 Å². The number of hydrogen-bond donors (Lipinski definition) is 18. The van der Waals surface area contributed by atoms with E-state index in [4.69, 9.17) is 42.6 Å². The summed E-state index contributed by atoms with van der Waals surface area (Å²) in [5.41, 5.74) is -2.32. The van der Waals surface area contributed by atoms with Crippen LogP contribution in [0.25, 0.3) is 0 Å². The normalized spacial score (nSPS) is 51.8. The zero-order valence-corrected chi connectivity index (χ0v) is 52.7. The van der Waals surface area contributed by atoms with Crippen LogP contribution in [0.1, 0.15) is 127 Å². The summed E-state index contributed by atoms with van der Waals surface area (Å²) >= 11 is 0. The molecular weight excluding hydrogens is 1180 g/mol. The number of aliphatic hydroxyl groups excluding tert-OH is 17. The summed E-state index contributed by atoms with van der Waals surface area (Å²) in [6.07, 6.45) is -32.7. The van der Waals surface area contributed by atoms with Gasteiger partial charge in [0.05, 0.1) is 62.0 Å². The highest BCUT2D eigenvalue weighted by Crippen LogP contribution is 2.75. The summed E-state index contributed by atoms with van der Waals surface area (Å²) in [7, 11) is 0. The molecule has 4 aliphatic heterocycles. The largest absolute Gasteiger partial charge is 0.396 e. The Labute approximate surface area is 520 Å². The Morgan fingerprint density at radius 2 is 1.11 bits per heavy atom. The van der Waals surface area contributed by atoms with Crippen LogP contribution in [0.15, 0.2) is 11.6 Å². The molecule has 8 fully saturated rings. The maximum Gasteiger partial charge on any atom is 0.187 e. The minimum absolute atomic E-state index is 0.000334. The molecule has 4 saturated carbocycles. The Morgan fingerprint density at radius 3 is 1.72 bits per heavy atom. The lowest BCUT2D eigenvalue weighted by Gasteiger charge is -2.67. The molecule has 35 atom stereocenters. The van der Waals surface area contributed by atoms with Gasteiger partial charge in [-0.25, -0.2) is 0 Å². The van der Waals surface area contributed by atoms with E-state index in [1.807, 2.05) is 0 Å². The Morgan fingerprint density at radius 1 is 0.573 bits per heavy atom. The third-order valence-corrected chi connectivity index (χ3v) is 23.6. The number of fused-ring (bicyclic) bond motifs is 5. The third kappa shape index (κ3) is 13.1. The predicted octanol–water partition coefficient (Wildman–Crippen LogP) is -3.33. The zero-order chi connectivity index (χ0) is 65.5. The lowest BCUT2D eigenvalue weighted by molar-refractivity contribution is -0.379. The maximum absolute atomic E-state index is 12.9. The summed E-state index contributed by atoms with van der Waals surface area (Å²) in [6.45, 7) is 15.7. The summed E-state index contributed by atoms with van der Waals surface area (Å²) in [6, 6.07) is 0. The van der Waals surface area contributed by atoms with Crippen molar-refractivity contribution in [1.82, 2.24) is 0 Å². The second-order valence-corrected chi connectivity index (χ2v) is 29.4. The second kappa shape index (κ2) is 27.6. The van der Waals surface area contributed by atoms with Crippen LogP contribution in [-0.4, -0.2) is 289 Å². The topological polar surface area (TPSA) is 447 Å². The van der Waals surface area contributed by atoms with E-state index in [1.165, 1.54) is 0 Å². The average molecular weight is 1280 g/mol. The fraction of sp³-hybridized carbons (Fsp3) is 0.968. The molecule has 27 nitrogen and oxygen atoms in total. The standard InChI is InChI=1S/C62H106O27/c1-10-30-40(67)46(73)52(79)56(83-30)89-53-49(76)44(71)34(24-82-54-50(77)47(74)42(69)32(22-64)84-54)86-57(53)88-38(59(5,6)80)15-11-25(2)27-17-18-60(7)35-14-12-28-29(62(35,9)36(65)20-61(27,60)8)13-16-37(58(28,3)4)87-55-51(78)48(75)43(70)33(85-55)23-81-31-19-26(21-63)39(66)45(72)41(31)68/h12,25-27,29-57,63-80H,10-11,13-24H2,1-9H3/t25-,26-,27?,29?,30+,31-,32-,33-,34-,35?,36-,37+,38-,39-,40+,41+,42-,43-,44-,45+,46-,47+,48+,49+,50-,51-,52+,53-,54-,55+,56-,57+,60+,61-,62+/m1/s1. The number of rotatable bonds is 20. The highest BCUT2D eigenvalue weighted by atomic mass is 16.8. The first-order valence-corrected chi connectivity index (χ1v) is 32.3. The molecular formula is C62H106O27. The maximum atomic E-state index is 12.9. The summed E-state index contributed by atoms with van der Waals surface area (Å²) in [4.78, 5) is 0. The SMILES string of the molecule is CC[C@@H]1O[C@H](O[C@H]2[C@H](O[C@H](CC[C@@H](C)C3CC[C@@]4(C)C5CC=C6C(CC[C@H](O[C@@H]7O[C@H](CO[C@@H]8C[C@H](CO)[C@@H](O)[C@H](O)[C@H]8O)[C@@H](O)[C@H](O)[C@H]7O)C6(C)C)[C@]5(C)[C@H](O)C[C@]34C)C(C)(C)O)O[C@H](CO[C@@H]3O[C@H](CO)[C@@H](O)[C@H](O)[C@H]3O)[C@@H](O)[C@@H]2O)[C@@H](O)[C@H](O)[C@H]1O. The molecule has 0 amide bonds. The molecule has 0 aromatic rings. The molecule has 27 heteroatoms. The van der Waals surface area contributed by atoms with Gasteiger partial charge in [0.15, 0.2) is 25.2 Å². The number of allylic oxidation sites excluding steroid dienone is 1. The average Bonchev–Trinajstić information content (AvgIpc) is 1.66. The lowest BCUT2D eigenvalue weighted by Crippen LogP contribution is -2.65.